The molecule has 18 heavy (non-hydrogen) atoms. The Morgan fingerprint density at radius 2 is 2.17 bits per heavy atom. The normalized spacial score (nSPS) is 10.3. The van der Waals surface area contributed by atoms with E-state index in [1.165, 1.54) is 29.2 Å². The maximum Gasteiger partial charge on any atom is 0.272 e. The van der Waals surface area contributed by atoms with Crippen LogP contribution in [0.4, 0.5) is 10.1 Å². The average molecular weight is 249 g/mol. The molecule has 0 aliphatic heterocycles. The van der Waals surface area contributed by atoms with Gasteiger partial charge in [0.2, 0.25) is 0 Å². The number of hydrogen-bond donors (Lipinski definition) is 0. The van der Waals surface area contributed by atoms with Crippen molar-refractivity contribution in [2.75, 3.05) is 0 Å². The molecule has 0 spiro atoms. The first-order valence-corrected chi connectivity index (χ1v) is 5.00. The van der Waals surface area contributed by atoms with Crippen LogP contribution in [-0.2, 0) is 6.54 Å². The topological polar surface area (TPSA) is 78.0 Å². The summed E-state index contributed by atoms with van der Waals surface area (Å²) < 4.78 is 14.4. The van der Waals surface area contributed by atoms with E-state index in [0.29, 0.717) is 5.56 Å². The molecule has 2 aromatic rings. The minimum Gasteiger partial charge on any atom is -0.295 e. The number of nitro groups is 1. The van der Waals surface area contributed by atoms with Crippen molar-refractivity contribution >= 4 is 5.69 Å². The van der Waals surface area contributed by atoms with E-state index in [2.05, 4.69) is 4.98 Å². The second kappa shape index (κ2) is 4.74. The Morgan fingerprint density at radius 3 is 2.83 bits per heavy atom. The highest BCUT2D eigenvalue weighted by molar-refractivity contribution is 5.35. The van der Waals surface area contributed by atoms with Gasteiger partial charge in [-0.1, -0.05) is 0 Å². The second-order valence-corrected chi connectivity index (χ2v) is 3.62. The number of hydrogen-bond acceptors (Lipinski definition) is 4. The van der Waals surface area contributed by atoms with Crippen LogP contribution in [0, 0.1) is 15.9 Å². The molecule has 0 saturated heterocycles. The molecule has 0 bridgehead atoms. The molecule has 0 aliphatic rings. The Balaban J connectivity index is 2.38. The van der Waals surface area contributed by atoms with Crippen molar-refractivity contribution in [1.82, 2.24) is 9.55 Å². The van der Waals surface area contributed by atoms with E-state index in [4.69, 9.17) is 0 Å². The molecule has 1 aromatic carbocycles. The average Bonchev–Trinajstić information content (AvgIpc) is 2.31. The van der Waals surface area contributed by atoms with Gasteiger partial charge in [-0.05, 0) is 11.6 Å². The fourth-order valence-electron chi connectivity index (χ4n) is 1.52. The molecule has 0 amide bonds. The lowest BCUT2D eigenvalue weighted by atomic mass is 10.2. The predicted molar refractivity (Wildman–Crippen MR) is 60.7 cm³/mol. The zero-order chi connectivity index (χ0) is 13.1. The van der Waals surface area contributed by atoms with Crippen molar-refractivity contribution < 1.29 is 9.31 Å². The minimum absolute atomic E-state index is 0.0330. The molecule has 0 radical (unpaired) electrons. The zero-order valence-corrected chi connectivity index (χ0v) is 9.12. The highest BCUT2D eigenvalue weighted by atomic mass is 19.1. The smallest absolute Gasteiger partial charge is 0.272 e. The first-order chi connectivity index (χ1) is 8.56. The van der Waals surface area contributed by atoms with Crippen LogP contribution in [0.3, 0.4) is 0 Å². The van der Waals surface area contributed by atoms with Crippen molar-refractivity contribution in [2.24, 2.45) is 0 Å². The van der Waals surface area contributed by atoms with Crippen LogP contribution in [0.25, 0.3) is 0 Å². The van der Waals surface area contributed by atoms with Gasteiger partial charge in [0.1, 0.15) is 5.82 Å². The van der Waals surface area contributed by atoms with Crippen LogP contribution in [0.5, 0.6) is 0 Å². The van der Waals surface area contributed by atoms with E-state index in [1.54, 1.807) is 0 Å². The lowest BCUT2D eigenvalue weighted by Gasteiger charge is -2.04. The first kappa shape index (κ1) is 11.9. The number of nitrogens with zero attached hydrogens (tertiary/aromatic N) is 3. The van der Waals surface area contributed by atoms with Gasteiger partial charge in [0, 0.05) is 18.3 Å². The number of rotatable bonds is 3. The predicted octanol–water partition coefficient (Wildman–Crippen LogP) is 1.34. The van der Waals surface area contributed by atoms with Gasteiger partial charge in [-0.25, -0.2) is 9.37 Å². The molecule has 6 nitrogen and oxygen atoms in total. The van der Waals surface area contributed by atoms with Crippen LogP contribution in [-0.4, -0.2) is 14.5 Å². The Morgan fingerprint density at radius 1 is 1.39 bits per heavy atom. The van der Waals surface area contributed by atoms with Gasteiger partial charge in [0.15, 0.2) is 0 Å². The molecule has 0 unspecified atom stereocenters. The van der Waals surface area contributed by atoms with Crippen molar-refractivity contribution in [1.29, 1.82) is 0 Å². The summed E-state index contributed by atoms with van der Waals surface area (Å²) in [6.07, 6.45) is 2.63. The van der Waals surface area contributed by atoms with Gasteiger partial charge in [-0.2, -0.15) is 0 Å². The third-order valence-corrected chi connectivity index (χ3v) is 2.30. The van der Waals surface area contributed by atoms with Crippen LogP contribution in [0.1, 0.15) is 5.56 Å². The summed E-state index contributed by atoms with van der Waals surface area (Å²) in [5.41, 5.74) is -0.323. The number of benzene rings is 1. The Labute approximate surface area is 100 Å². The van der Waals surface area contributed by atoms with E-state index in [0.717, 1.165) is 12.1 Å². The standard InChI is InChI=1S/C11H8FN3O3/c12-9-3-8(4-10(5-9)15(17)18)6-14-7-13-2-1-11(14)16/h1-5,7H,6H2. The molecule has 1 heterocycles. The molecule has 0 saturated carbocycles. The molecule has 1 aromatic heterocycles. The summed E-state index contributed by atoms with van der Waals surface area (Å²) in [6, 6.07) is 4.46. The molecular formula is C11H8FN3O3. The summed E-state index contributed by atoms with van der Waals surface area (Å²) >= 11 is 0. The molecule has 2 rings (SSSR count). The van der Waals surface area contributed by atoms with Gasteiger partial charge in [-0.15, -0.1) is 0 Å². The Hall–Kier alpha value is -2.57. The van der Waals surface area contributed by atoms with E-state index in [9.17, 15) is 19.3 Å². The lowest BCUT2D eigenvalue weighted by Crippen LogP contribution is -2.19. The van der Waals surface area contributed by atoms with Crippen molar-refractivity contribution in [2.45, 2.75) is 6.54 Å². The molecule has 7 heteroatoms. The van der Waals surface area contributed by atoms with Gasteiger partial charge >= 0.3 is 0 Å². The molecular weight excluding hydrogens is 241 g/mol. The monoisotopic (exact) mass is 249 g/mol. The van der Waals surface area contributed by atoms with E-state index < -0.39 is 10.7 Å². The fraction of sp³-hybridized carbons (Fsp3) is 0.0909. The van der Waals surface area contributed by atoms with E-state index in [-0.39, 0.29) is 17.8 Å². The Kier molecular flexibility index (Phi) is 3.13. The molecule has 0 atom stereocenters. The van der Waals surface area contributed by atoms with Crippen LogP contribution >= 0.6 is 0 Å². The first-order valence-electron chi connectivity index (χ1n) is 5.00. The van der Waals surface area contributed by atoms with Gasteiger partial charge in [0.25, 0.3) is 11.2 Å². The highest BCUT2D eigenvalue weighted by Crippen LogP contribution is 2.16. The fourth-order valence-corrected chi connectivity index (χ4v) is 1.52. The largest absolute Gasteiger partial charge is 0.295 e. The number of nitro benzene ring substituents is 1. The highest BCUT2D eigenvalue weighted by Gasteiger charge is 2.10. The molecule has 0 N–H and O–H groups in total. The SMILES string of the molecule is O=c1ccncn1Cc1cc(F)cc([N+](=O)[O-])c1. The quantitative estimate of drug-likeness (QED) is 0.607. The Bertz CT molecular complexity index is 654. The number of non-ortho nitro benzene ring substituents is 1. The number of aromatic nitrogens is 2. The summed E-state index contributed by atoms with van der Waals surface area (Å²) in [6.45, 7) is 0.0330. The van der Waals surface area contributed by atoms with Crippen molar-refractivity contribution in [3.8, 4) is 0 Å². The molecule has 0 aliphatic carbocycles. The van der Waals surface area contributed by atoms with Gasteiger partial charge in [0.05, 0.1) is 23.9 Å². The van der Waals surface area contributed by atoms with Crippen LogP contribution in [0.15, 0.2) is 41.6 Å². The van der Waals surface area contributed by atoms with E-state index >= 15 is 0 Å². The van der Waals surface area contributed by atoms with Gasteiger partial charge in [-0.3, -0.25) is 19.5 Å². The second-order valence-electron chi connectivity index (χ2n) is 3.62. The maximum absolute atomic E-state index is 13.2. The maximum atomic E-state index is 13.2. The summed E-state index contributed by atoms with van der Waals surface area (Å²) in [7, 11) is 0. The van der Waals surface area contributed by atoms with Crippen LogP contribution in [0.2, 0.25) is 0 Å². The lowest BCUT2D eigenvalue weighted by molar-refractivity contribution is -0.385. The summed E-state index contributed by atoms with van der Waals surface area (Å²) in [5, 5.41) is 10.6. The summed E-state index contributed by atoms with van der Waals surface area (Å²) in [5.74, 6) is -0.712. The third-order valence-electron chi connectivity index (χ3n) is 2.30. The van der Waals surface area contributed by atoms with Crippen LogP contribution < -0.4 is 5.56 Å². The third kappa shape index (κ3) is 2.57. The minimum atomic E-state index is -0.712. The molecule has 92 valence electrons. The molecule has 0 fully saturated rings. The van der Waals surface area contributed by atoms with Gasteiger partial charge < -0.3 is 0 Å². The van der Waals surface area contributed by atoms with Crippen molar-refractivity contribution in [3.63, 3.8) is 0 Å². The number of halogens is 1. The summed E-state index contributed by atoms with van der Waals surface area (Å²) in [4.78, 5) is 25.1. The van der Waals surface area contributed by atoms with E-state index in [1.807, 2.05) is 0 Å². The zero-order valence-electron chi connectivity index (χ0n) is 9.12. The van der Waals surface area contributed by atoms with Crippen molar-refractivity contribution in [3.05, 3.63) is 68.6 Å².